The molecule has 0 aliphatic carbocycles. The van der Waals surface area contributed by atoms with Gasteiger partial charge < -0.3 is 15.0 Å². The number of nitrogens with zero attached hydrogens (tertiary/aromatic N) is 1. The SMILES string of the molecule is COc1cccc(CC(C)NC(=O)N2CCCC2c2ccccc2)c1. The first-order chi connectivity index (χ1) is 12.2. The summed E-state index contributed by atoms with van der Waals surface area (Å²) in [7, 11) is 1.67. The third-order valence-corrected chi connectivity index (χ3v) is 4.74. The molecule has 1 aliphatic rings. The van der Waals surface area contributed by atoms with Crippen LogP contribution in [0, 0.1) is 0 Å². The smallest absolute Gasteiger partial charge is 0.318 e. The summed E-state index contributed by atoms with van der Waals surface area (Å²) >= 11 is 0. The van der Waals surface area contributed by atoms with Crippen molar-refractivity contribution in [3.8, 4) is 5.75 Å². The highest BCUT2D eigenvalue weighted by Gasteiger charge is 2.30. The van der Waals surface area contributed by atoms with Gasteiger partial charge in [-0.05, 0) is 49.4 Å². The highest BCUT2D eigenvalue weighted by atomic mass is 16.5. The molecule has 2 atom stereocenters. The molecule has 2 aromatic rings. The summed E-state index contributed by atoms with van der Waals surface area (Å²) in [4.78, 5) is 14.7. The molecule has 0 bridgehead atoms. The molecular formula is C21H26N2O2. The topological polar surface area (TPSA) is 41.6 Å². The summed E-state index contributed by atoms with van der Waals surface area (Å²) in [6, 6.07) is 18.6. The van der Waals surface area contributed by atoms with Crippen LogP contribution in [-0.2, 0) is 6.42 Å². The number of amides is 2. The van der Waals surface area contributed by atoms with Crippen LogP contribution in [0.1, 0.15) is 36.9 Å². The Bertz CT molecular complexity index is 702. The van der Waals surface area contributed by atoms with Crippen LogP contribution in [-0.4, -0.2) is 30.6 Å². The number of nitrogens with one attached hydrogen (secondary N) is 1. The quantitative estimate of drug-likeness (QED) is 0.889. The zero-order chi connectivity index (χ0) is 17.6. The predicted molar refractivity (Wildman–Crippen MR) is 99.8 cm³/mol. The van der Waals surface area contributed by atoms with Gasteiger partial charge in [-0.15, -0.1) is 0 Å². The Hall–Kier alpha value is -2.49. The number of rotatable bonds is 5. The van der Waals surface area contributed by atoms with Gasteiger partial charge in [0, 0.05) is 12.6 Å². The van der Waals surface area contributed by atoms with Crippen LogP contribution in [0.15, 0.2) is 54.6 Å². The summed E-state index contributed by atoms with van der Waals surface area (Å²) in [6.45, 7) is 2.86. The number of hydrogen-bond acceptors (Lipinski definition) is 2. The average molecular weight is 338 g/mol. The van der Waals surface area contributed by atoms with E-state index in [1.807, 2.05) is 48.2 Å². The molecule has 0 radical (unpaired) electrons. The van der Waals surface area contributed by atoms with E-state index in [0.717, 1.165) is 37.1 Å². The average Bonchev–Trinajstić information content (AvgIpc) is 3.12. The van der Waals surface area contributed by atoms with Gasteiger partial charge in [0.1, 0.15) is 5.75 Å². The van der Waals surface area contributed by atoms with Gasteiger partial charge in [0.05, 0.1) is 13.2 Å². The second-order valence-corrected chi connectivity index (χ2v) is 6.67. The fraction of sp³-hybridized carbons (Fsp3) is 0.381. The van der Waals surface area contributed by atoms with Gasteiger partial charge in [0.15, 0.2) is 0 Å². The van der Waals surface area contributed by atoms with Crippen LogP contribution in [0.5, 0.6) is 5.75 Å². The molecule has 2 aromatic carbocycles. The summed E-state index contributed by atoms with van der Waals surface area (Å²) in [5.41, 5.74) is 2.38. The minimum absolute atomic E-state index is 0.0294. The Kier molecular flexibility index (Phi) is 5.59. The standard InChI is InChI=1S/C21H26N2O2/c1-16(14-17-8-6-11-19(15-17)25-2)22-21(24)23-13-7-12-20(23)18-9-4-3-5-10-18/h3-6,8-11,15-16,20H,7,12-14H2,1-2H3,(H,22,24). The van der Waals surface area contributed by atoms with Crippen LogP contribution in [0.4, 0.5) is 4.79 Å². The van der Waals surface area contributed by atoms with Gasteiger partial charge in [-0.2, -0.15) is 0 Å². The van der Waals surface area contributed by atoms with Crippen molar-refractivity contribution in [3.05, 3.63) is 65.7 Å². The third-order valence-electron chi connectivity index (χ3n) is 4.74. The first kappa shape index (κ1) is 17.3. The van der Waals surface area contributed by atoms with Crippen molar-refractivity contribution in [2.45, 2.75) is 38.3 Å². The minimum atomic E-state index is 0.0294. The fourth-order valence-electron chi connectivity index (χ4n) is 3.53. The van der Waals surface area contributed by atoms with E-state index in [-0.39, 0.29) is 18.1 Å². The molecule has 0 aromatic heterocycles. The molecule has 2 unspecified atom stereocenters. The molecule has 1 saturated heterocycles. The van der Waals surface area contributed by atoms with Crippen LogP contribution >= 0.6 is 0 Å². The number of benzene rings is 2. The number of hydrogen-bond donors (Lipinski definition) is 1. The van der Waals surface area contributed by atoms with Crippen molar-refractivity contribution in [3.63, 3.8) is 0 Å². The van der Waals surface area contributed by atoms with Gasteiger partial charge in [-0.1, -0.05) is 42.5 Å². The van der Waals surface area contributed by atoms with E-state index in [4.69, 9.17) is 4.74 Å². The molecule has 0 saturated carbocycles. The maximum Gasteiger partial charge on any atom is 0.318 e. The highest BCUT2D eigenvalue weighted by molar-refractivity contribution is 5.75. The Morgan fingerprint density at radius 1 is 1.24 bits per heavy atom. The Balaban J connectivity index is 1.61. The lowest BCUT2D eigenvalue weighted by Gasteiger charge is -2.27. The first-order valence-corrected chi connectivity index (χ1v) is 8.92. The van der Waals surface area contributed by atoms with E-state index in [1.165, 1.54) is 5.56 Å². The zero-order valence-corrected chi connectivity index (χ0v) is 14.9. The minimum Gasteiger partial charge on any atom is -0.497 e. The Labute approximate surface area is 149 Å². The molecule has 1 heterocycles. The molecule has 0 spiro atoms. The van der Waals surface area contributed by atoms with Gasteiger partial charge in [0.2, 0.25) is 0 Å². The fourth-order valence-corrected chi connectivity index (χ4v) is 3.53. The second kappa shape index (κ2) is 8.06. The number of methoxy groups -OCH3 is 1. The molecule has 1 aliphatic heterocycles. The first-order valence-electron chi connectivity index (χ1n) is 8.92. The number of carbonyl (C=O) groups is 1. The molecule has 1 fully saturated rings. The zero-order valence-electron chi connectivity index (χ0n) is 14.9. The van der Waals surface area contributed by atoms with Gasteiger partial charge >= 0.3 is 6.03 Å². The van der Waals surface area contributed by atoms with Crippen molar-refractivity contribution >= 4 is 6.03 Å². The van der Waals surface area contributed by atoms with Crippen LogP contribution in [0.25, 0.3) is 0 Å². The molecule has 1 N–H and O–H groups in total. The number of likely N-dealkylation sites (tertiary alicyclic amines) is 1. The van der Waals surface area contributed by atoms with E-state index in [9.17, 15) is 4.79 Å². The normalized spacial score (nSPS) is 18.0. The maximum absolute atomic E-state index is 12.7. The lowest BCUT2D eigenvalue weighted by Crippen LogP contribution is -2.44. The molecule has 2 amide bonds. The molecule has 4 nitrogen and oxygen atoms in total. The molecule has 25 heavy (non-hydrogen) atoms. The van der Waals surface area contributed by atoms with E-state index in [0.29, 0.717) is 0 Å². The van der Waals surface area contributed by atoms with Gasteiger partial charge in [-0.3, -0.25) is 0 Å². The summed E-state index contributed by atoms with van der Waals surface area (Å²) < 4.78 is 5.27. The van der Waals surface area contributed by atoms with Gasteiger partial charge in [-0.25, -0.2) is 4.79 Å². The van der Waals surface area contributed by atoms with E-state index in [1.54, 1.807) is 7.11 Å². The molecule has 4 heteroatoms. The Morgan fingerprint density at radius 3 is 2.80 bits per heavy atom. The number of urea groups is 1. The number of carbonyl (C=O) groups excluding carboxylic acids is 1. The summed E-state index contributed by atoms with van der Waals surface area (Å²) in [6.07, 6.45) is 2.87. The lowest BCUT2D eigenvalue weighted by atomic mass is 10.0. The van der Waals surface area contributed by atoms with Crippen molar-refractivity contribution in [2.24, 2.45) is 0 Å². The van der Waals surface area contributed by atoms with Crippen molar-refractivity contribution in [1.29, 1.82) is 0 Å². The van der Waals surface area contributed by atoms with Crippen LogP contribution in [0.2, 0.25) is 0 Å². The molecule has 3 rings (SSSR count). The molecular weight excluding hydrogens is 312 g/mol. The second-order valence-electron chi connectivity index (χ2n) is 6.67. The monoisotopic (exact) mass is 338 g/mol. The highest BCUT2D eigenvalue weighted by Crippen LogP contribution is 2.31. The van der Waals surface area contributed by atoms with E-state index < -0.39 is 0 Å². The predicted octanol–water partition coefficient (Wildman–Crippen LogP) is 4.17. The van der Waals surface area contributed by atoms with Crippen molar-refractivity contribution in [2.75, 3.05) is 13.7 Å². The van der Waals surface area contributed by atoms with Crippen molar-refractivity contribution < 1.29 is 9.53 Å². The Morgan fingerprint density at radius 2 is 2.04 bits per heavy atom. The summed E-state index contributed by atoms with van der Waals surface area (Å²) in [5, 5.41) is 3.15. The van der Waals surface area contributed by atoms with Crippen molar-refractivity contribution in [1.82, 2.24) is 10.2 Å². The lowest BCUT2D eigenvalue weighted by molar-refractivity contribution is 0.189. The van der Waals surface area contributed by atoms with E-state index in [2.05, 4.69) is 23.5 Å². The van der Waals surface area contributed by atoms with Gasteiger partial charge in [0.25, 0.3) is 0 Å². The van der Waals surface area contributed by atoms with Crippen LogP contribution < -0.4 is 10.1 Å². The largest absolute Gasteiger partial charge is 0.497 e. The van der Waals surface area contributed by atoms with Crippen LogP contribution in [0.3, 0.4) is 0 Å². The summed E-state index contributed by atoms with van der Waals surface area (Å²) in [5.74, 6) is 0.847. The maximum atomic E-state index is 12.7. The number of ether oxygens (including phenoxy) is 1. The molecule has 132 valence electrons. The third kappa shape index (κ3) is 4.32. The van der Waals surface area contributed by atoms with E-state index >= 15 is 0 Å².